The number of aromatic nitrogens is 2. The van der Waals surface area contributed by atoms with Gasteiger partial charge in [0.2, 0.25) is 0 Å². The topological polar surface area (TPSA) is 47.3 Å². The van der Waals surface area contributed by atoms with E-state index in [4.69, 9.17) is 4.74 Å². The Kier molecular flexibility index (Phi) is 4.22. The molecule has 102 valence electrons. The number of imidazole rings is 1. The number of aliphatic hydroxyl groups is 1. The largest absolute Gasteiger partial charge is 0.496 e. The lowest BCUT2D eigenvalue weighted by Crippen LogP contribution is -2.09. The number of benzene rings is 1. The molecule has 1 aromatic carbocycles. The summed E-state index contributed by atoms with van der Waals surface area (Å²) in [6, 6.07) is 5.83. The van der Waals surface area contributed by atoms with Crippen molar-refractivity contribution in [3.8, 4) is 5.75 Å². The summed E-state index contributed by atoms with van der Waals surface area (Å²) in [5.74, 6) is 1.61. The molecule has 19 heavy (non-hydrogen) atoms. The Morgan fingerprint density at radius 2 is 2.21 bits per heavy atom. The Hall–Kier alpha value is -1.81. The van der Waals surface area contributed by atoms with E-state index in [1.807, 2.05) is 35.9 Å². The average molecular weight is 260 g/mol. The van der Waals surface area contributed by atoms with E-state index < -0.39 is 6.10 Å². The molecule has 0 aliphatic rings. The fraction of sp³-hybridized carbons (Fsp3) is 0.400. The number of ether oxygens (including phenoxy) is 1. The van der Waals surface area contributed by atoms with Crippen molar-refractivity contribution < 1.29 is 9.84 Å². The molecule has 1 N–H and O–H groups in total. The zero-order valence-electron chi connectivity index (χ0n) is 11.6. The highest BCUT2D eigenvalue weighted by Gasteiger charge is 2.16. The molecule has 0 aliphatic heterocycles. The number of rotatable bonds is 5. The molecule has 0 spiro atoms. The second kappa shape index (κ2) is 5.89. The average Bonchev–Trinajstić information content (AvgIpc) is 2.85. The Morgan fingerprint density at radius 3 is 2.89 bits per heavy atom. The van der Waals surface area contributed by atoms with Gasteiger partial charge in [-0.05, 0) is 25.5 Å². The minimum absolute atomic E-state index is 0.486. The van der Waals surface area contributed by atoms with Crippen LogP contribution in [-0.4, -0.2) is 21.8 Å². The first-order chi connectivity index (χ1) is 9.15. The Balaban J connectivity index is 2.22. The minimum atomic E-state index is -0.608. The van der Waals surface area contributed by atoms with Crippen molar-refractivity contribution in [1.82, 2.24) is 9.55 Å². The smallest absolute Gasteiger partial charge is 0.124 e. The first kappa shape index (κ1) is 13.6. The van der Waals surface area contributed by atoms with E-state index in [0.717, 1.165) is 29.2 Å². The molecule has 0 saturated heterocycles. The number of hydrogen-bond acceptors (Lipinski definition) is 3. The molecule has 4 heteroatoms. The van der Waals surface area contributed by atoms with Gasteiger partial charge < -0.3 is 14.4 Å². The molecule has 2 aromatic rings. The first-order valence-corrected chi connectivity index (χ1v) is 6.48. The van der Waals surface area contributed by atoms with E-state index in [1.165, 1.54) is 0 Å². The van der Waals surface area contributed by atoms with Gasteiger partial charge in [0.05, 0.1) is 13.2 Å². The Morgan fingerprint density at radius 1 is 1.42 bits per heavy atom. The van der Waals surface area contributed by atoms with Gasteiger partial charge in [0.1, 0.15) is 11.6 Å². The van der Waals surface area contributed by atoms with Crippen molar-refractivity contribution in [2.45, 2.75) is 32.9 Å². The summed E-state index contributed by atoms with van der Waals surface area (Å²) in [4.78, 5) is 4.29. The number of hydrogen-bond donors (Lipinski definition) is 1. The number of nitrogens with zero attached hydrogens (tertiary/aromatic N) is 2. The highest BCUT2D eigenvalue weighted by molar-refractivity contribution is 5.38. The van der Waals surface area contributed by atoms with E-state index in [-0.39, 0.29) is 0 Å². The van der Waals surface area contributed by atoms with Crippen LogP contribution in [0.2, 0.25) is 0 Å². The van der Waals surface area contributed by atoms with Crippen molar-refractivity contribution in [1.29, 1.82) is 0 Å². The summed E-state index contributed by atoms with van der Waals surface area (Å²) in [7, 11) is 1.62. The summed E-state index contributed by atoms with van der Waals surface area (Å²) in [6.07, 6.45) is 3.57. The van der Waals surface area contributed by atoms with Crippen molar-refractivity contribution in [3.05, 3.63) is 47.5 Å². The summed E-state index contributed by atoms with van der Waals surface area (Å²) < 4.78 is 7.37. The van der Waals surface area contributed by atoms with Gasteiger partial charge in [-0.3, -0.25) is 0 Å². The van der Waals surface area contributed by atoms with Gasteiger partial charge >= 0.3 is 0 Å². The van der Waals surface area contributed by atoms with Crippen molar-refractivity contribution in [2.75, 3.05) is 7.11 Å². The van der Waals surface area contributed by atoms with E-state index in [1.54, 1.807) is 13.3 Å². The zero-order chi connectivity index (χ0) is 13.8. The molecule has 1 unspecified atom stereocenters. The van der Waals surface area contributed by atoms with E-state index >= 15 is 0 Å². The molecule has 0 fully saturated rings. The van der Waals surface area contributed by atoms with Gasteiger partial charge in [-0.15, -0.1) is 0 Å². The van der Waals surface area contributed by atoms with Crippen molar-refractivity contribution >= 4 is 0 Å². The Labute approximate surface area is 113 Å². The van der Waals surface area contributed by atoms with Gasteiger partial charge in [-0.25, -0.2) is 4.98 Å². The standard InChI is InChI=1S/C15H20N2O2/c1-4-17-8-7-16-15(17)10-13(18)12-6-5-11(2)9-14(12)19-3/h5-9,13,18H,4,10H2,1-3H3. The molecule has 0 saturated carbocycles. The highest BCUT2D eigenvalue weighted by atomic mass is 16.5. The predicted octanol–water partition coefficient (Wildman–Crippen LogP) is 2.50. The van der Waals surface area contributed by atoms with E-state index in [0.29, 0.717) is 6.42 Å². The van der Waals surface area contributed by atoms with Crippen LogP contribution in [0.4, 0.5) is 0 Å². The third-order valence-corrected chi connectivity index (χ3v) is 3.27. The summed E-state index contributed by atoms with van der Waals surface area (Å²) in [5.41, 5.74) is 1.92. The number of aryl methyl sites for hydroxylation is 2. The van der Waals surface area contributed by atoms with Crippen LogP contribution in [-0.2, 0) is 13.0 Å². The lowest BCUT2D eigenvalue weighted by Gasteiger charge is -2.15. The molecular weight excluding hydrogens is 240 g/mol. The molecule has 1 atom stereocenters. The molecule has 0 bridgehead atoms. The maximum atomic E-state index is 10.4. The number of aliphatic hydroxyl groups excluding tert-OH is 1. The van der Waals surface area contributed by atoms with Crippen LogP contribution in [0.5, 0.6) is 5.75 Å². The lowest BCUT2D eigenvalue weighted by molar-refractivity contribution is 0.170. The second-order valence-electron chi connectivity index (χ2n) is 4.59. The van der Waals surface area contributed by atoms with Crippen LogP contribution in [0.15, 0.2) is 30.6 Å². The van der Waals surface area contributed by atoms with Crippen molar-refractivity contribution in [3.63, 3.8) is 0 Å². The quantitative estimate of drug-likeness (QED) is 0.898. The fourth-order valence-corrected chi connectivity index (χ4v) is 2.19. The highest BCUT2D eigenvalue weighted by Crippen LogP contribution is 2.28. The molecule has 4 nitrogen and oxygen atoms in total. The van der Waals surface area contributed by atoms with Crippen LogP contribution in [0.1, 0.15) is 30.0 Å². The zero-order valence-corrected chi connectivity index (χ0v) is 11.6. The molecule has 2 rings (SSSR count). The SMILES string of the molecule is CCn1ccnc1CC(O)c1ccc(C)cc1OC. The normalized spacial score (nSPS) is 12.4. The van der Waals surface area contributed by atoms with Gasteiger partial charge in [0.15, 0.2) is 0 Å². The molecular formula is C15H20N2O2. The van der Waals surface area contributed by atoms with Gasteiger partial charge in [-0.1, -0.05) is 12.1 Å². The van der Waals surface area contributed by atoms with Crippen LogP contribution in [0, 0.1) is 6.92 Å². The van der Waals surface area contributed by atoms with Gasteiger partial charge in [0, 0.05) is 30.9 Å². The van der Waals surface area contributed by atoms with Crippen LogP contribution in [0.25, 0.3) is 0 Å². The fourth-order valence-electron chi connectivity index (χ4n) is 2.19. The minimum Gasteiger partial charge on any atom is -0.496 e. The van der Waals surface area contributed by atoms with Gasteiger partial charge in [0.25, 0.3) is 0 Å². The molecule has 1 aromatic heterocycles. The maximum absolute atomic E-state index is 10.4. The summed E-state index contributed by atoms with van der Waals surface area (Å²) >= 11 is 0. The van der Waals surface area contributed by atoms with Crippen LogP contribution < -0.4 is 4.74 Å². The van der Waals surface area contributed by atoms with Crippen molar-refractivity contribution in [2.24, 2.45) is 0 Å². The predicted molar refractivity (Wildman–Crippen MR) is 74.3 cm³/mol. The Bertz CT molecular complexity index is 549. The number of methoxy groups -OCH3 is 1. The van der Waals surface area contributed by atoms with Gasteiger partial charge in [-0.2, -0.15) is 0 Å². The molecule has 1 heterocycles. The van der Waals surface area contributed by atoms with Crippen LogP contribution >= 0.6 is 0 Å². The summed E-state index contributed by atoms with van der Waals surface area (Å²) in [5, 5.41) is 10.4. The third kappa shape index (κ3) is 2.96. The summed E-state index contributed by atoms with van der Waals surface area (Å²) in [6.45, 7) is 4.92. The van der Waals surface area contributed by atoms with E-state index in [2.05, 4.69) is 11.9 Å². The van der Waals surface area contributed by atoms with E-state index in [9.17, 15) is 5.11 Å². The second-order valence-corrected chi connectivity index (χ2v) is 4.59. The third-order valence-electron chi connectivity index (χ3n) is 3.27. The molecule has 0 amide bonds. The molecule has 0 aliphatic carbocycles. The lowest BCUT2D eigenvalue weighted by atomic mass is 10.0. The maximum Gasteiger partial charge on any atom is 0.124 e. The van der Waals surface area contributed by atoms with Crippen LogP contribution in [0.3, 0.4) is 0 Å². The first-order valence-electron chi connectivity index (χ1n) is 6.48. The molecule has 0 radical (unpaired) electrons. The monoisotopic (exact) mass is 260 g/mol.